The van der Waals surface area contributed by atoms with Gasteiger partial charge < -0.3 is 4.57 Å². The molecule has 0 saturated carbocycles. The molecule has 0 radical (unpaired) electrons. The van der Waals surface area contributed by atoms with Crippen LogP contribution in [-0.2, 0) is 0 Å². The Hall–Kier alpha value is -5.81. The molecular formula is C37H23N3O2. The van der Waals surface area contributed by atoms with Crippen molar-refractivity contribution in [2.75, 3.05) is 4.90 Å². The maximum atomic E-state index is 14.4. The van der Waals surface area contributed by atoms with E-state index in [-0.39, 0.29) is 11.8 Å². The number of hydrogen-bond donors (Lipinski definition) is 0. The number of aromatic nitrogens is 2. The molecule has 2 amide bonds. The third-order valence-electron chi connectivity index (χ3n) is 8.00. The van der Waals surface area contributed by atoms with Crippen molar-refractivity contribution >= 4 is 39.3 Å². The fourth-order valence-corrected chi connectivity index (χ4v) is 6.20. The molecule has 8 rings (SSSR count). The first-order valence-corrected chi connectivity index (χ1v) is 13.8. The van der Waals surface area contributed by atoms with Crippen LogP contribution in [0.15, 0.2) is 140 Å². The summed E-state index contributed by atoms with van der Waals surface area (Å²) < 4.78 is 2.12. The maximum absolute atomic E-state index is 14.4. The zero-order valence-corrected chi connectivity index (χ0v) is 22.4. The van der Waals surface area contributed by atoms with Crippen LogP contribution in [-0.4, -0.2) is 21.4 Å². The van der Waals surface area contributed by atoms with Crippen LogP contribution in [0.4, 0.5) is 5.69 Å². The van der Waals surface area contributed by atoms with E-state index in [2.05, 4.69) is 33.8 Å². The second kappa shape index (κ2) is 9.39. The zero-order chi connectivity index (χ0) is 28.2. The number of anilines is 1. The average molecular weight is 542 g/mol. The van der Waals surface area contributed by atoms with Crippen molar-refractivity contribution in [2.24, 2.45) is 0 Å². The first-order chi connectivity index (χ1) is 20.7. The number of rotatable bonds is 4. The van der Waals surface area contributed by atoms with Gasteiger partial charge in [-0.05, 0) is 42.0 Å². The van der Waals surface area contributed by atoms with E-state index in [0.717, 1.165) is 44.2 Å². The molecule has 2 aromatic heterocycles. The molecule has 5 aromatic carbocycles. The predicted octanol–water partition coefficient (Wildman–Crippen LogP) is 8.31. The Balaban J connectivity index is 1.39. The number of carbonyl (C=O) groups is 2. The van der Waals surface area contributed by atoms with E-state index in [1.54, 1.807) is 12.3 Å². The number of fused-ring (bicyclic) bond motifs is 4. The van der Waals surface area contributed by atoms with Crippen molar-refractivity contribution in [1.29, 1.82) is 0 Å². The fraction of sp³-hybridized carbons (Fsp3) is 0. The van der Waals surface area contributed by atoms with E-state index in [4.69, 9.17) is 0 Å². The SMILES string of the molecule is O=C1c2cccc(-n3c4ccccc4c4cccc(-c5ccccn5)c43)c2C(=O)N1c1ccccc1-c1ccccc1. The van der Waals surface area contributed by atoms with Crippen molar-refractivity contribution < 1.29 is 9.59 Å². The Morgan fingerprint density at radius 1 is 0.500 bits per heavy atom. The van der Waals surface area contributed by atoms with Crippen molar-refractivity contribution in [2.45, 2.75) is 0 Å². The van der Waals surface area contributed by atoms with E-state index in [1.807, 2.05) is 103 Å². The standard InChI is InChI=1S/C37H23N3O2/c41-36-29-18-11-22-33(34(29)37(42)40(36)31-20-6-4-14-25(31)24-12-2-1-3-13-24)39-32-21-7-5-15-26(32)27-16-10-17-28(35(27)39)30-19-8-9-23-38-30/h1-23H. The van der Waals surface area contributed by atoms with Crippen LogP contribution in [0.2, 0.25) is 0 Å². The highest BCUT2D eigenvalue weighted by Crippen LogP contribution is 2.42. The third kappa shape index (κ3) is 3.47. The average Bonchev–Trinajstić information content (AvgIpc) is 3.53. The number of para-hydroxylation sites is 3. The Kier molecular flexibility index (Phi) is 5.37. The molecule has 1 aliphatic rings. The minimum Gasteiger partial charge on any atom is -0.308 e. The van der Waals surface area contributed by atoms with Crippen molar-refractivity contribution in [3.05, 3.63) is 151 Å². The van der Waals surface area contributed by atoms with Gasteiger partial charge in [0.05, 0.1) is 39.2 Å². The first kappa shape index (κ1) is 24.0. The minimum atomic E-state index is -0.338. The minimum absolute atomic E-state index is 0.328. The van der Waals surface area contributed by atoms with Gasteiger partial charge in [-0.3, -0.25) is 14.6 Å². The number of nitrogens with zero attached hydrogens (tertiary/aromatic N) is 3. The lowest BCUT2D eigenvalue weighted by atomic mass is 10.0. The second-order valence-electron chi connectivity index (χ2n) is 10.3. The van der Waals surface area contributed by atoms with Crippen LogP contribution in [0.1, 0.15) is 20.7 Å². The van der Waals surface area contributed by atoms with Gasteiger partial charge in [0.2, 0.25) is 0 Å². The van der Waals surface area contributed by atoms with Crippen LogP contribution in [0.3, 0.4) is 0 Å². The summed E-state index contributed by atoms with van der Waals surface area (Å²) in [4.78, 5) is 34.4. The van der Waals surface area contributed by atoms with E-state index in [1.165, 1.54) is 4.90 Å². The quantitative estimate of drug-likeness (QED) is 0.211. The summed E-state index contributed by atoms with van der Waals surface area (Å²) in [5.74, 6) is -0.666. The van der Waals surface area contributed by atoms with E-state index >= 15 is 0 Å². The highest BCUT2D eigenvalue weighted by atomic mass is 16.2. The normalized spacial score (nSPS) is 12.8. The van der Waals surface area contributed by atoms with Crippen LogP contribution in [0, 0.1) is 0 Å². The van der Waals surface area contributed by atoms with Crippen LogP contribution in [0.25, 0.3) is 49.9 Å². The lowest BCUT2D eigenvalue weighted by Crippen LogP contribution is -2.30. The summed E-state index contributed by atoms with van der Waals surface area (Å²) in [6, 6.07) is 43.1. The Bertz CT molecular complexity index is 2180. The van der Waals surface area contributed by atoms with Crippen molar-refractivity contribution in [1.82, 2.24) is 9.55 Å². The smallest absolute Gasteiger partial charge is 0.268 e. The largest absolute Gasteiger partial charge is 0.308 e. The number of imide groups is 1. The molecule has 0 atom stereocenters. The molecule has 198 valence electrons. The molecule has 0 bridgehead atoms. The van der Waals surface area contributed by atoms with Crippen molar-refractivity contribution in [3.63, 3.8) is 0 Å². The summed E-state index contributed by atoms with van der Waals surface area (Å²) in [5, 5.41) is 2.11. The van der Waals surface area contributed by atoms with Crippen LogP contribution in [0.5, 0.6) is 0 Å². The highest BCUT2D eigenvalue weighted by molar-refractivity contribution is 6.36. The summed E-state index contributed by atoms with van der Waals surface area (Å²) >= 11 is 0. The predicted molar refractivity (Wildman–Crippen MR) is 167 cm³/mol. The molecule has 0 fully saturated rings. The second-order valence-corrected chi connectivity index (χ2v) is 10.3. The zero-order valence-electron chi connectivity index (χ0n) is 22.4. The molecule has 5 heteroatoms. The number of hydrogen-bond acceptors (Lipinski definition) is 3. The van der Waals surface area contributed by atoms with Gasteiger partial charge in [-0.1, -0.05) is 97.1 Å². The molecule has 3 heterocycles. The molecule has 7 aromatic rings. The third-order valence-corrected chi connectivity index (χ3v) is 8.00. The molecule has 0 unspecified atom stereocenters. The fourth-order valence-electron chi connectivity index (χ4n) is 6.20. The number of carbonyl (C=O) groups excluding carboxylic acids is 2. The van der Waals surface area contributed by atoms with E-state index in [9.17, 15) is 9.59 Å². The van der Waals surface area contributed by atoms with E-state index < -0.39 is 0 Å². The Morgan fingerprint density at radius 2 is 1.17 bits per heavy atom. The van der Waals surface area contributed by atoms with E-state index in [0.29, 0.717) is 22.5 Å². The highest BCUT2D eigenvalue weighted by Gasteiger charge is 2.40. The monoisotopic (exact) mass is 541 g/mol. The summed E-state index contributed by atoms with van der Waals surface area (Å²) in [7, 11) is 0. The van der Waals surface area contributed by atoms with Crippen LogP contribution >= 0.6 is 0 Å². The van der Waals surface area contributed by atoms with Gasteiger partial charge in [0, 0.05) is 28.1 Å². The summed E-state index contributed by atoms with van der Waals surface area (Å²) in [5.41, 5.74) is 7.45. The molecule has 0 saturated heterocycles. The van der Waals surface area contributed by atoms with Gasteiger partial charge in [0.25, 0.3) is 11.8 Å². The van der Waals surface area contributed by atoms with Gasteiger partial charge in [0.15, 0.2) is 0 Å². The Morgan fingerprint density at radius 3 is 2.02 bits per heavy atom. The summed E-state index contributed by atoms with van der Waals surface area (Å²) in [6.45, 7) is 0. The molecule has 0 N–H and O–H groups in total. The van der Waals surface area contributed by atoms with Crippen molar-refractivity contribution in [3.8, 4) is 28.1 Å². The molecule has 42 heavy (non-hydrogen) atoms. The molecular weight excluding hydrogens is 518 g/mol. The summed E-state index contributed by atoms with van der Waals surface area (Å²) in [6.07, 6.45) is 1.78. The van der Waals surface area contributed by atoms with Gasteiger partial charge in [-0.2, -0.15) is 0 Å². The lowest BCUT2D eigenvalue weighted by molar-refractivity contribution is 0.0926. The first-order valence-electron chi connectivity index (χ1n) is 13.8. The topological polar surface area (TPSA) is 55.2 Å². The molecule has 5 nitrogen and oxygen atoms in total. The number of benzene rings is 5. The molecule has 1 aliphatic heterocycles. The van der Waals surface area contributed by atoms with Gasteiger partial charge in [0.1, 0.15) is 0 Å². The number of amides is 2. The molecule has 0 spiro atoms. The van der Waals surface area contributed by atoms with Crippen LogP contribution < -0.4 is 4.90 Å². The molecule has 0 aliphatic carbocycles. The lowest BCUT2D eigenvalue weighted by Gasteiger charge is -2.19. The maximum Gasteiger partial charge on any atom is 0.268 e. The van der Waals surface area contributed by atoms with Gasteiger partial charge >= 0.3 is 0 Å². The Labute approximate surface area is 241 Å². The number of pyridine rings is 1. The van der Waals surface area contributed by atoms with Gasteiger partial charge in [-0.25, -0.2) is 4.90 Å². The van der Waals surface area contributed by atoms with Gasteiger partial charge in [-0.15, -0.1) is 0 Å².